The summed E-state index contributed by atoms with van der Waals surface area (Å²) in [7, 11) is 0. The van der Waals surface area contributed by atoms with Crippen LogP contribution in [0.15, 0.2) is 11.1 Å². The first-order valence-corrected chi connectivity index (χ1v) is 15.3. The van der Waals surface area contributed by atoms with Crippen molar-refractivity contribution in [2.75, 3.05) is 6.54 Å². The van der Waals surface area contributed by atoms with Gasteiger partial charge in [0.2, 0.25) is 5.91 Å². The Morgan fingerprint density at radius 2 is 1.12 bits per heavy atom. The van der Waals surface area contributed by atoms with Crippen LogP contribution in [-0.4, -0.2) is 23.4 Å². The number of likely N-dealkylation sites (tertiary alicyclic amines) is 1. The van der Waals surface area contributed by atoms with Crippen LogP contribution in [0.4, 0.5) is 0 Å². The number of hydrogen-bond acceptors (Lipinski definition) is 1. The lowest BCUT2D eigenvalue weighted by Crippen LogP contribution is -2.50. The molecule has 0 radical (unpaired) electrons. The first-order chi connectivity index (χ1) is 16.3. The first kappa shape index (κ1) is 25.3. The third-order valence-corrected chi connectivity index (χ3v) is 9.56. The molecule has 2 atom stereocenters. The zero-order valence-corrected chi connectivity index (χ0v) is 21.8. The Morgan fingerprint density at radius 1 is 0.606 bits per heavy atom. The summed E-state index contributed by atoms with van der Waals surface area (Å²) in [6.45, 7) is 1.04. The average Bonchev–Trinajstić information content (AvgIpc) is 2.85. The number of allylic oxidation sites excluding steroid dienone is 1. The van der Waals surface area contributed by atoms with Crippen LogP contribution in [0, 0.1) is 11.8 Å². The topological polar surface area (TPSA) is 20.3 Å². The van der Waals surface area contributed by atoms with Gasteiger partial charge < -0.3 is 4.90 Å². The molecule has 1 amide bonds. The number of nitrogens with zero attached hydrogens (tertiary/aromatic N) is 1. The van der Waals surface area contributed by atoms with Crippen LogP contribution in [0.1, 0.15) is 154 Å². The lowest BCUT2D eigenvalue weighted by molar-refractivity contribution is -0.140. The van der Waals surface area contributed by atoms with Gasteiger partial charge in [-0.1, -0.05) is 107 Å². The molecule has 0 N–H and O–H groups in total. The minimum atomic E-state index is 0.310. The van der Waals surface area contributed by atoms with E-state index in [1.807, 2.05) is 5.57 Å². The van der Waals surface area contributed by atoms with Gasteiger partial charge in [-0.2, -0.15) is 0 Å². The van der Waals surface area contributed by atoms with Crippen molar-refractivity contribution in [1.82, 2.24) is 4.90 Å². The van der Waals surface area contributed by atoms with E-state index in [0.29, 0.717) is 17.9 Å². The highest BCUT2D eigenvalue weighted by Crippen LogP contribution is 2.43. The fraction of sp³-hybridized carbons (Fsp3) is 0.903. The molecule has 4 rings (SSSR count). The van der Waals surface area contributed by atoms with Crippen molar-refractivity contribution in [1.29, 1.82) is 0 Å². The fourth-order valence-electron chi connectivity index (χ4n) is 7.56. The third kappa shape index (κ3) is 7.60. The summed E-state index contributed by atoms with van der Waals surface area (Å²) in [6.07, 6.45) is 32.3. The predicted octanol–water partition coefficient (Wildman–Crippen LogP) is 9.13. The number of hydrogen-bond donors (Lipinski definition) is 0. The van der Waals surface area contributed by atoms with Gasteiger partial charge in [0.1, 0.15) is 0 Å². The maximum Gasteiger partial charge on any atom is 0.225 e. The quantitative estimate of drug-likeness (QED) is 0.361. The summed E-state index contributed by atoms with van der Waals surface area (Å²) in [4.78, 5) is 16.3. The van der Waals surface area contributed by atoms with Gasteiger partial charge in [0.25, 0.3) is 0 Å². The number of amides is 1. The molecule has 33 heavy (non-hydrogen) atoms. The molecule has 0 spiro atoms. The largest absolute Gasteiger partial charge is 0.339 e. The van der Waals surface area contributed by atoms with Gasteiger partial charge in [-0.15, -0.1) is 0 Å². The van der Waals surface area contributed by atoms with Crippen LogP contribution in [0.3, 0.4) is 0 Å². The van der Waals surface area contributed by atoms with E-state index in [-0.39, 0.29) is 0 Å². The molecule has 2 fully saturated rings. The number of carbonyl (C=O) groups excluding carboxylic acids is 1. The van der Waals surface area contributed by atoms with Crippen molar-refractivity contribution in [3.05, 3.63) is 11.1 Å². The lowest BCUT2D eigenvalue weighted by atomic mass is 9.72. The third-order valence-electron chi connectivity index (χ3n) is 9.56. The van der Waals surface area contributed by atoms with E-state index in [9.17, 15) is 4.79 Å². The van der Waals surface area contributed by atoms with Gasteiger partial charge in [-0.3, -0.25) is 4.79 Å². The molecule has 0 unspecified atom stereocenters. The van der Waals surface area contributed by atoms with Gasteiger partial charge in [0, 0.05) is 18.5 Å². The second kappa shape index (κ2) is 13.9. The highest BCUT2D eigenvalue weighted by atomic mass is 16.2. The van der Waals surface area contributed by atoms with E-state index in [4.69, 9.17) is 0 Å². The first-order valence-electron chi connectivity index (χ1n) is 15.3. The molecule has 1 saturated carbocycles. The molecular formula is C31H53NO. The molecule has 1 saturated heterocycles. The molecular weight excluding hydrogens is 402 g/mol. The summed E-state index contributed by atoms with van der Waals surface area (Å²) in [5.41, 5.74) is 3.66. The SMILES string of the molecule is O=C(C1CCCCCCCCCCCC1)N1CC[C@H]2C[C@H]1CC1=C2CCCCCCCCC1. The maximum atomic E-state index is 13.9. The molecule has 2 heteroatoms. The molecule has 2 bridgehead atoms. The normalized spacial score (nSPS) is 30.2. The monoisotopic (exact) mass is 455 g/mol. The van der Waals surface area contributed by atoms with E-state index in [1.165, 1.54) is 141 Å². The number of rotatable bonds is 1. The average molecular weight is 456 g/mol. The number of fused-ring (bicyclic) bond motifs is 3. The standard InChI is InChI=1S/C31H53NO/c33-31(26-18-14-10-6-3-1-2-4-7-11-15-19-26)32-23-22-28-25-29(32)24-27-20-16-12-8-5-9-13-17-21-30(27)28/h26,28-29H,1-25H2/t28-,29+/m0/s1. The number of piperidine rings is 1. The van der Waals surface area contributed by atoms with E-state index in [1.54, 1.807) is 5.57 Å². The van der Waals surface area contributed by atoms with Crippen LogP contribution in [0.2, 0.25) is 0 Å². The Kier molecular flexibility index (Phi) is 10.7. The predicted molar refractivity (Wildman–Crippen MR) is 140 cm³/mol. The Morgan fingerprint density at radius 3 is 1.73 bits per heavy atom. The van der Waals surface area contributed by atoms with Crippen LogP contribution in [0.5, 0.6) is 0 Å². The minimum absolute atomic E-state index is 0.310. The maximum absolute atomic E-state index is 13.9. The van der Waals surface area contributed by atoms with E-state index < -0.39 is 0 Å². The summed E-state index contributed by atoms with van der Waals surface area (Å²) in [5.74, 6) is 1.66. The van der Waals surface area contributed by atoms with Crippen molar-refractivity contribution in [3.8, 4) is 0 Å². The van der Waals surface area contributed by atoms with Crippen molar-refractivity contribution < 1.29 is 4.79 Å². The summed E-state index contributed by atoms with van der Waals surface area (Å²) in [6, 6.07) is 0.518. The van der Waals surface area contributed by atoms with Crippen molar-refractivity contribution >= 4 is 5.91 Å². The van der Waals surface area contributed by atoms with Gasteiger partial charge in [-0.25, -0.2) is 0 Å². The van der Waals surface area contributed by atoms with Crippen LogP contribution < -0.4 is 0 Å². The number of carbonyl (C=O) groups is 1. The Labute approximate surface area is 205 Å². The highest BCUT2D eigenvalue weighted by Gasteiger charge is 2.39. The zero-order chi connectivity index (χ0) is 22.7. The second-order valence-electron chi connectivity index (χ2n) is 12.0. The molecule has 1 heterocycles. The zero-order valence-electron chi connectivity index (χ0n) is 21.8. The highest BCUT2D eigenvalue weighted by molar-refractivity contribution is 5.79. The van der Waals surface area contributed by atoms with Crippen LogP contribution in [0.25, 0.3) is 0 Å². The fourth-order valence-corrected chi connectivity index (χ4v) is 7.56. The Hall–Kier alpha value is -0.790. The van der Waals surface area contributed by atoms with E-state index >= 15 is 0 Å². The molecule has 188 valence electrons. The van der Waals surface area contributed by atoms with Crippen molar-refractivity contribution in [2.45, 2.75) is 160 Å². The smallest absolute Gasteiger partial charge is 0.225 e. The van der Waals surface area contributed by atoms with Gasteiger partial charge in [-0.05, 0) is 63.7 Å². The van der Waals surface area contributed by atoms with Crippen LogP contribution in [-0.2, 0) is 4.79 Å². The van der Waals surface area contributed by atoms with Gasteiger partial charge >= 0.3 is 0 Å². The van der Waals surface area contributed by atoms with Crippen LogP contribution >= 0.6 is 0 Å². The molecule has 1 aliphatic heterocycles. The lowest BCUT2D eigenvalue weighted by Gasteiger charge is -2.46. The van der Waals surface area contributed by atoms with Crippen molar-refractivity contribution in [3.63, 3.8) is 0 Å². The second-order valence-corrected chi connectivity index (χ2v) is 12.0. The summed E-state index contributed by atoms with van der Waals surface area (Å²) >= 11 is 0. The molecule has 3 aliphatic carbocycles. The molecule has 2 nitrogen and oxygen atoms in total. The van der Waals surface area contributed by atoms with Crippen molar-refractivity contribution in [2.24, 2.45) is 11.8 Å². The molecule has 4 aliphatic rings. The van der Waals surface area contributed by atoms with Gasteiger partial charge in [0.05, 0.1) is 0 Å². The summed E-state index contributed by atoms with van der Waals surface area (Å²) < 4.78 is 0. The summed E-state index contributed by atoms with van der Waals surface area (Å²) in [5, 5.41) is 0. The molecule has 0 aromatic carbocycles. The van der Waals surface area contributed by atoms with E-state index in [0.717, 1.165) is 25.3 Å². The molecule has 0 aromatic heterocycles. The van der Waals surface area contributed by atoms with Gasteiger partial charge in [0.15, 0.2) is 0 Å². The Balaban J connectivity index is 1.39. The molecule has 0 aromatic rings. The minimum Gasteiger partial charge on any atom is -0.339 e. The Bertz CT molecular complexity index is 608. The van der Waals surface area contributed by atoms with E-state index in [2.05, 4.69) is 4.90 Å².